The Morgan fingerprint density at radius 2 is 2.12 bits per heavy atom. The Labute approximate surface area is 146 Å². The van der Waals surface area contributed by atoms with Crippen LogP contribution in [0, 0.1) is 0 Å². The van der Waals surface area contributed by atoms with E-state index in [1.54, 1.807) is 36.1 Å². The van der Waals surface area contributed by atoms with Crippen molar-refractivity contribution in [3.63, 3.8) is 0 Å². The topological polar surface area (TPSA) is 84.7 Å². The van der Waals surface area contributed by atoms with Gasteiger partial charge in [-0.15, -0.1) is 0 Å². The monoisotopic (exact) mass is 343 g/mol. The molecule has 0 spiro atoms. The third-order valence-electron chi connectivity index (χ3n) is 4.14. The third kappa shape index (κ3) is 4.17. The number of carbonyl (C=O) groups is 2. The van der Waals surface area contributed by atoms with Gasteiger partial charge in [0, 0.05) is 25.3 Å². The van der Waals surface area contributed by atoms with Gasteiger partial charge in [-0.1, -0.05) is 0 Å². The molecule has 0 aliphatic carbocycles. The van der Waals surface area contributed by atoms with Crippen LogP contribution in [0.1, 0.15) is 40.7 Å². The Balaban J connectivity index is 1.50. The number of amides is 1. The number of nitrogens with one attached hydrogen (secondary N) is 1. The van der Waals surface area contributed by atoms with Gasteiger partial charge < -0.3 is 19.4 Å². The predicted octanol–water partition coefficient (Wildman–Crippen LogP) is 2.57. The SMILES string of the molecule is CCOC(=O)c1ccc(NC2CCN(C(=O)c3ccco3)CC2)nc1. The van der Waals surface area contributed by atoms with Gasteiger partial charge >= 0.3 is 5.97 Å². The van der Waals surface area contributed by atoms with Crippen molar-refractivity contribution in [1.82, 2.24) is 9.88 Å². The molecular formula is C18H21N3O4. The molecular weight excluding hydrogens is 322 g/mol. The van der Waals surface area contributed by atoms with Gasteiger partial charge in [-0.3, -0.25) is 4.79 Å². The lowest BCUT2D eigenvalue weighted by molar-refractivity contribution is 0.0525. The molecule has 1 aliphatic heterocycles. The molecule has 3 heterocycles. The van der Waals surface area contributed by atoms with Gasteiger partial charge in [-0.2, -0.15) is 0 Å². The van der Waals surface area contributed by atoms with Gasteiger partial charge in [0.2, 0.25) is 0 Å². The van der Waals surface area contributed by atoms with Gasteiger partial charge in [0.05, 0.1) is 18.4 Å². The minimum atomic E-state index is -0.369. The highest BCUT2D eigenvalue weighted by Crippen LogP contribution is 2.18. The van der Waals surface area contributed by atoms with E-state index in [-0.39, 0.29) is 17.9 Å². The molecule has 3 rings (SSSR count). The van der Waals surface area contributed by atoms with Crippen molar-refractivity contribution in [1.29, 1.82) is 0 Å². The quantitative estimate of drug-likeness (QED) is 0.840. The van der Waals surface area contributed by atoms with Crippen LogP contribution in [0.5, 0.6) is 0 Å². The normalized spacial score (nSPS) is 15.0. The molecule has 7 heteroatoms. The number of piperidine rings is 1. The van der Waals surface area contributed by atoms with Crippen LogP contribution >= 0.6 is 0 Å². The van der Waals surface area contributed by atoms with E-state index in [1.165, 1.54) is 12.5 Å². The van der Waals surface area contributed by atoms with Crippen molar-refractivity contribution < 1.29 is 18.7 Å². The van der Waals surface area contributed by atoms with Crippen molar-refractivity contribution in [3.8, 4) is 0 Å². The van der Waals surface area contributed by atoms with Crippen molar-refractivity contribution in [3.05, 3.63) is 48.0 Å². The summed E-state index contributed by atoms with van der Waals surface area (Å²) < 4.78 is 10.1. The average Bonchev–Trinajstić information content (AvgIpc) is 3.17. The van der Waals surface area contributed by atoms with E-state index in [9.17, 15) is 9.59 Å². The second-order valence-electron chi connectivity index (χ2n) is 5.84. The summed E-state index contributed by atoms with van der Waals surface area (Å²) in [6, 6.07) is 7.10. The first-order valence-electron chi connectivity index (χ1n) is 8.40. The van der Waals surface area contributed by atoms with E-state index in [4.69, 9.17) is 9.15 Å². The molecule has 0 saturated carbocycles. The van der Waals surface area contributed by atoms with Gasteiger partial charge in [0.25, 0.3) is 5.91 Å². The third-order valence-corrected chi connectivity index (χ3v) is 4.14. The molecule has 7 nitrogen and oxygen atoms in total. The first-order valence-corrected chi connectivity index (χ1v) is 8.40. The molecule has 0 atom stereocenters. The summed E-state index contributed by atoms with van der Waals surface area (Å²) in [6.45, 7) is 3.44. The van der Waals surface area contributed by atoms with Crippen LogP contribution in [-0.2, 0) is 4.74 Å². The Bertz CT molecular complexity index is 704. The number of hydrogen-bond donors (Lipinski definition) is 1. The summed E-state index contributed by atoms with van der Waals surface area (Å²) in [5, 5.41) is 3.35. The molecule has 132 valence electrons. The predicted molar refractivity (Wildman–Crippen MR) is 91.4 cm³/mol. The average molecular weight is 343 g/mol. The van der Waals surface area contributed by atoms with Crippen molar-refractivity contribution in [2.24, 2.45) is 0 Å². The van der Waals surface area contributed by atoms with E-state index < -0.39 is 0 Å². The minimum Gasteiger partial charge on any atom is -0.462 e. The van der Waals surface area contributed by atoms with E-state index in [1.807, 2.05) is 0 Å². The Morgan fingerprint density at radius 3 is 2.72 bits per heavy atom. The number of furan rings is 1. The zero-order chi connectivity index (χ0) is 17.6. The maximum atomic E-state index is 12.2. The number of likely N-dealkylation sites (tertiary alicyclic amines) is 1. The molecule has 2 aromatic heterocycles. The highest BCUT2D eigenvalue weighted by Gasteiger charge is 2.25. The van der Waals surface area contributed by atoms with E-state index in [2.05, 4.69) is 10.3 Å². The summed E-state index contributed by atoms with van der Waals surface area (Å²) in [5.74, 6) is 0.651. The lowest BCUT2D eigenvalue weighted by Gasteiger charge is -2.32. The van der Waals surface area contributed by atoms with Crippen LogP contribution in [0.2, 0.25) is 0 Å². The second kappa shape index (κ2) is 7.83. The first-order chi connectivity index (χ1) is 12.2. The number of hydrogen-bond acceptors (Lipinski definition) is 6. The van der Waals surface area contributed by atoms with Crippen molar-refractivity contribution >= 4 is 17.7 Å². The van der Waals surface area contributed by atoms with Gasteiger partial charge in [-0.25, -0.2) is 9.78 Å². The number of nitrogens with zero attached hydrogens (tertiary/aromatic N) is 2. The molecule has 1 saturated heterocycles. The Morgan fingerprint density at radius 1 is 1.32 bits per heavy atom. The standard InChI is InChI=1S/C18H21N3O4/c1-2-24-18(23)13-5-6-16(19-12-13)20-14-7-9-21(10-8-14)17(22)15-4-3-11-25-15/h3-6,11-12,14H,2,7-10H2,1H3,(H,19,20). The van der Waals surface area contributed by atoms with Gasteiger partial charge in [0.15, 0.2) is 5.76 Å². The lowest BCUT2D eigenvalue weighted by atomic mass is 10.0. The summed E-state index contributed by atoms with van der Waals surface area (Å²) in [7, 11) is 0. The summed E-state index contributed by atoms with van der Waals surface area (Å²) in [4.78, 5) is 29.9. The molecule has 1 aliphatic rings. The Kier molecular flexibility index (Phi) is 5.33. The number of carbonyl (C=O) groups excluding carboxylic acids is 2. The maximum Gasteiger partial charge on any atom is 0.339 e. The fourth-order valence-corrected chi connectivity index (χ4v) is 2.81. The first kappa shape index (κ1) is 17.0. The molecule has 1 amide bonds. The summed E-state index contributed by atoms with van der Waals surface area (Å²) in [5.41, 5.74) is 0.436. The molecule has 2 aromatic rings. The molecule has 25 heavy (non-hydrogen) atoms. The smallest absolute Gasteiger partial charge is 0.339 e. The molecule has 1 fully saturated rings. The summed E-state index contributed by atoms with van der Waals surface area (Å²) in [6.07, 6.45) is 4.67. The minimum absolute atomic E-state index is 0.0691. The maximum absolute atomic E-state index is 12.2. The zero-order valence-electron chi connectivity index (χ0n) is 14.1. The van der Waals surface area contributed by atoms with Crippen LogP contribution in [-0.4, -0.2) is 47.5 Å². The fourth-order valence-electron chi connectivity index (χ4n) is 2.81. The van der Waals surface area contributed by atoms with Gasteiger partial charge in [0.1, 0.15) is 5.82 Å². The number of aromatic nitrogens is 1. The van der Waals surface area contributed by atoms with Gasteiger partial charge in [-0.05, 0) is 44.0 Å². The van der Waals surface area contributed by atoms with E-state index >= 15 is 0 Å². The lowest BCUT2D eigenvalue weighted by Crippen LogP contribution is -2.42. The molecule has 0 unspecified atom stereocenters. The molecule has 0 radical (unpaired) electrons. The zero-order valence-corrected chi connectivity index (χ0v) is 14.1. The number of ether oxygens (including phenoxy) is 1. The van der Waals surface area contributed by atoms with Crippen LogP contribution < -0.4 is 5.32 Å². The van der Waals surface area contributed by atoms with Crippen LogP contribution in [0.25, 0.3) is 0 Å². The Hall–Kier alpha value is -2.83. The molecule has 1 N–H and O–H groups in total. The largest absolute Gasteiger partial charge is 0.462 e. The van der Waals surface area contributed by atoms with Crippen molar-refractivity contribution in [2.45, 2.75) is 25.8 Å². The van der Waals surface area contributed by atoms with E-state index in [0.717, 1.165) is 12.8 Å². The molecule has 0 bridgehead atoms. The van der Waals surface area contributed by atoms with Crippen LogP contribution in [0.4, 0.5) is 5.82 Å². The highest BCUT2D eigenvalue weighted by atomic mass is 16.5. The summed E-state index contributed by atoms with van der Waals surface area (Å²) >= 11 is 0. The van der Waals surface area contributed by atoms with Crippen molar-refractivity contribution in [2.75, 3.05) is 25.0 Å². The number of anilines is 1. The van der Waals surface area contributed by atoms with E-state index in [0.29, 0.717) is 36.8 Å². The second-order valence-corrected chi connectivity index (χ2v) is 5.84. The fraction of sp³-hybridized carbons (Fsp3) is 0.389. The number of pyridine rings is 1. The molecule has 0 aromatic carbocycles. The van der Waals surface area contributed by atoms with Crippen LogP contribution in [0.15, 0.2) is 41.1 Å². The highest BCUT2D eigenvalue weighted by molar-refractivity contribution is 5.91. The van der Waals surface area contributed by atoms with Crippen LogP contribution in [0.3, 0.4) is 0 Å². The number of rotatable bonds is 5. The number of esters is 1.